The molecule has 3 rings (SSSR count). The predicted molar refractivity (Wildman–Crippen MR) is 112 cm³/mol. The first-order valence-electron chi connectivity index (χ1n) is 9.24. The summed E-state index contributed by atoms with van der Waals surface area (Å²) in [5.41, 5.74) is 2.24. The van der Waals surface area contributed by atoms with Gasteiger partial charge in [0.1, 0.15) is 10.7 Å². The quantitative estimate of drug-likeness (QED) is 0.635. The zero-order valence-electron chi connectivity index (χ0n) is 16.2. The molecule has 0 aliphatic heterocycles. The lowest BCUT2D eigenvalue weighted by atomic mass is 10.1. The lowest BCUT2D eigenvalue weighted by Crippen LogP contribution is -2.25. The number of unbranched alkanes of at least 4 members (excludes halogenated alkanes) is 1. The minimum Gasteiger partial charge on any atom is -0.321 e. The fourth-order valence-electron chi connectivity index (χ4n) is 3.18. The number of aromatic nitrogens is 2. The summed E-state index contributed by atoms with van der Waals surface area (Å²) in [5, 5.41) is 12.2. The first-order chi connectivity index (χ1) is 13.5. The summed E-state index contributed by atoms with van der Waals surface area (Å²) in [4.78, 5) is 31.7. The monoisotopic (exact) mass is 394 g/mol. The summed E-state index contributed by atoms with van der Waals surface area (Å²) in [6.07, 6.45) is 1.60. The van der Waals surface area contributed by atoms with Crippen molar-refractivity contribution in [1.29, 1.82) is 5.26 Å². The Morgan fingerprint density at radius 2 is 2.07 bits per heavy atom. The second-order valence-corrected chi connectivity index (χ2v) is 7.60. The average Bonchev–Trinajstić information content (AvgIpc) is 3.02. The number of rotatable bonds is 6. The molecular formula is C21H22N4O2S. The van der Waals surface area contributed by atoms with E-state index in [9.17, 15) is 9.59 Å². The van der Waals surface area contributed by atoms with Gasteiger partial charge in [-0.15, -0.1) is 11.3 Å². The van der Waals surface area contributed by atoms with Gasteiger partial charge in [-0.1, -0.05) is 25.1 Å². The molecule has 3 aromatic rings. The Morgan fingerprint density at radius 1 is 1.32 bits per heavy atom. The number of para-hydroxylation sites is 1. The van der Waals surface area contributed by atoms with Gasteiger partial charge in [0.05, 0.1) is 16.3 Å². The topological polar surface area (TPSA) is 87.8 Å². The van der Waals surface area contributed by atoms with E-state index in [0.29, 0.717) is 52.3 Å². The highest BCUT2D eigenvalue weighted by Crippen LogP contribution is 2.28. The van der Waals surface area contributed by atoms with Crippen molar-refractivity contribution < 1.29 is 4.79 Å². The summed E-state index contributed by atoms with van der Waals surface area (Å²) in [6, 6.07) is 9.68. The van der Waals surface area contributed by atoms with Gasteiger partial charge in [0.15, 0.2) is 0 Å². The van der Waals surface area contributed by atoms with Crippen molar-refractivity contribution in [3.63, 3.8) is 0 Å². The maximum Gasteiger partial charge on any atom is 0.266 e. The molecule has 2 heterocycles. The first-order valence-corrected chi connectivity index (χ1v) is 10.1. The number of hydrogen-bond donors (Lipinski definition) is 1. The molecule has 1 aromatic carbocycles. The van der Waals surface area contributed by atoms with Crippen molar-refractivity contribution >= 4 is 33.1 Å². The Labute approximate surface area is 167 Å². The van der Waals surface area contributed by atoms with Gasteiger partial charge in [0.25, 0.3) is 11.5 Å². The summed E-state index contributed by atoms with van der Waals surface area (Å²) in [5.74, 6) is 0.450. The highest BCUT2D eigenvalue weighted by atomic mass is 32.1. The predicted octanol–water partition coefficient (Wildman–Crippen LogP) is 4.19. The van der Waals surface area contributed by atoms with Crippen LogP contribution in [0.5, 0.6) is 0 Å². The Bertz CT molecular complexity index is 1140. The van der Waals surface area contributed by atoms with Crippen LogP contribution in [-0.2, 0) is 13.0 Å². The number of nitrogens with zero attached hydrogens (tertiary/aromatic N) is 3. The summed E-state index contributed by atoms with van der Waals surface area (Å²) >= 11 is 1.25. The van der Waals surface area contributed by atoms with Crippen LogP contribution in [-0.4, -0.2) is 15.5 Å². The number of amides is 1. The minimum atomic E-state index is -0.233. The molecule has 0 aliphatic rings. The number of carbonyl (C=O) groups is 1. The van der Waals surface area contributed by atoms with E-state index >= 15 is 0 Å². The fourth-order valence-corrected chi connectivity index (χ4v) is 4.27. The zero-order valence-corrected chi connectivity index (χ0v) is 17.0. The Morgan fingerprint density at radius 3 is 2.75 bits per heavy atom. The van der Waals surface area contributed by atoms with E-state index in [0.717, 1.165) is 11.3 Å². The molecule has 1 N–H and O–H groups in total. The fraction of sp³-hybridized carbons (Fsp3) is 0.333. The molecule has 0 aliphatic carbocycles. The largest absolute Gasteiger partial charge is 0.321 e. The van der Waals surface area contributed by atoms with Crippen LogP contribution in [0.2, 0.25) is 0 Å². The molecule has 144 valence electrons. The number of nitriles is 1. The molecule has 0 fully saturated rings. The van der Waals surface area contributed by atoms with E-state index in [4.69, 9.17) is 5.26 Å². The van der Waals surface area contributed by atoms with Crippen LogP contribution < -0.4 is 10.9 Å². The third kappa shape index (κ3) is 3.69. The van der Waals surface area contributed by atoms with Crippen LogP contribution in [0.15, 0.2) is 29.1 Å². The average molecular weight is 395 g/mol. The summed E-state index contributed by atoms with van der Waals surface area (Å²) in [7, 11) is 0. The Balaban J connectivity index is 2.04. The first kappa shape index (κ1) is 19.8. The van der Waals surface area contributed by atoms with Crippen molar-refractivity contribution in [1.82, 2.24) is 9.55 Å². The van der Waals surface area contributed by atoms with Gasteiger partial charge < -0.3 is 5.32 Å². The molecule has 0 atom stereocenters. The standard InChI is InChI=1S/C21H22N4O2S/c1-4-16-24-20-17(21(27)25(16)12-8-7-11-22)14(3)18(28-20)19(26)23-15-10-6-5-9-13(15)2/h5-6,9-10H,4,7-8,12H2,1-3H3,(H,23,26). The zero-order chi connectivity index (χ0) is 20.3. The van der Waals surface area contributed by atoms with Crippen molar-refractivity contribution in [2.75, 3.05) is 5.32 Å². The second kappa shape index (κ2) is 8.36. The normalized spacial score (nSPS) is 10.8. The third-order valence-corrected chi connectivity index (χ3v) is 5.90. The van der Waals surface area contributed by atoms with Gasteiger partial charge >= 0.3 is 0 Å². The van der Waals surface area contributed by atoms with Crippen LogP contribution in [0.1, 0.15) is 46.4 Å². The van der Waals surface area contributed by atoms with Gasteiger partial charge in [-0.25, -0.2) is 4.98 Å². The molecule has 1 amide bonds. The van der Waals surface area contributed by atoms with Crippen molar-refractivity contribution in [3.8, 4) is 6.07 Å². The van der Waals surface area contributed by atoms with Crippen LogP contribution >= 0.6 is 11.3 Å². The SMILES string of the molecule is CCc1nc2sc(C(=O)Nc3ccccc3C)c(C)c2c(=O)n1CCCC#N. The van der Waals surface area contributed by atoms with E-state index in [2.05, 4.69) is 16.4 Å². The van der Waals surface area contributed by atoms with Crippen molar-refractivity contribution in [3.05, 3.63) is 56.4 Å². The van der Waals surface area contributed by atoms with E-state index in [1.165, 1.54) is 11.3 Å². The number of nitrogens with one attached hydrogen (secondary N) is 1. The maximum absolute atomic E-state index is 13.1. The molecule has 7 heteroatoms. The number of hydrogen-bond acceptors (Lipinski definition) is 5. The maximum atomic E-state index is 13.1. The minimum absolute atomic E-state index is 0.136. The van der Waals surface area contributed by atoms with Gasteiger partial charge in [-0.2, -0.15) is 5.26 Å². The van der Waals surface area contributed by atoms with Gasteiger partial charge in [0, 0.05) is 25.1 Å². The molecule has 6 nitrogen and oxygen atoms in total. The summed E-state index contributed by atoms with van der Waals surface area (Å²) < 4.78 is 1.64. The lowest BCUT2D eigenvalue weighted by Gasteiger charge is -2.10. The van der Waals surface area contributed by atoms with Gasteiger partial charge in [-0.3, -0.25) is 14.2 Å². The molecule has 0 saturated heterocycles. The summed E-state index contributed by atoms with van der Waals surface area (Å²) in [6.45, 7) is 6.13. The van der Waals surface area contributed by atoms with Gasteiger partial charge in [0.2, 0.25) is 0 Å². The van der Waals surface area contributed by atoms with Crippen molar-refractivity contribution in [2.24, 2.45) is 0 Å². The number of thiophene rings is 1. The van der Waals surface area contributed by atoms with Crippen LogP contribution in [0.4, 0.5) is 5.69 Å². The van der Waals surface area contributed by atoms with Crippen LogP contribution in [0.25, 0.3) is 10.2 Å². The number of fused-ring (bicyclic) bond motifs is 1. The molecule has 0 unspecified atom stereocenters. The molecule has 0 radical (unpaired) electrons. The van der Waals surface area contributed by atoms with Crippen LogP contribution in [0, 0.1) is 25.2 Å². The molecule has 0 saturated carbocycles. The van der Waals surface area contributed by atoms with Crippen molar-refractivity contribution in [2.45, 2.75) is 46.6 Å². The van der Waals surface area contributed by atoms with E-state index in [1.807, 2.05) is 38.1 Å². The Kier molecular flexibility index (Phi) is 5.90. The number of anilines is 1. The molecule has 0 bridgehead atoms. The van der Waals surface area contributed by atoms with Crippen LogP contribution in [0.3, 0.4) is 0 Å². The molecule has 0 spiro atoms. The number of carbonyl (C=O) groups excluding carboxylic acids is 1. The third-order valence-electron chi connectivity index (χ3n) is 4.72. The molecule has 2 aromatic heterocycles. The second-order valence-electron chi connectivity index (χ2n) is 6.61. The molecule has 28 heavy (non-hydrogen) atoms. The van der Waals surface area contributed by atoms with E-state index in [1.54, 1.807) is 11.5 Å². The lowest BCUT2D eigenvalue weighted by molar-refractivity contribution is 0.103. The Hall–Kier alpha value is -2.98. The highest BCUT2D eigenvalue weighted by Gasteiger charge is 2.21. The highest BCUT2D eigenvalue weighted by molar-refractivity contribution is 7.20. The smallest absolute Gasteiger partial charge is 0.266 e. The number of benzene rings is 1. The number of aryl methyl sites for hydroxylation is 3. The molecular weight excluding hydrogens is 372 g/mol. The van der Waals surface area contributed by atoms with Gasteiger partial charge in [-0.05, 0) is 37.5 Å². The van der Waals surface area contributed by atoms with E-state index < -0.39 is 0 Å². The van der Waals surface area contributed by atoms with E-state index in [-0.39, 0.29) is 11.5 Å².